The highest BCUT2D eigenvalue weighted by molar-refractivity contribution is 9.11. The predicted octanol–water partition coefficient (Wildman–Crippen LogP) is 2.55. The fraction of sp³-hybridized carbons (Fsp3) is 0.400. The van der Waals surface area contributed by atoms with Gasteiger partial charge < -0.3 is 11.1 Å². The van der Waals surface area contributed by atoms with Gasteiger partial charge in [-0.25, -0.2) is 0 Å². The van der Waals surface area contributed by atoms with E-state index >= 15 is 0 Å². The molecule has 2 rings (SSSR count). The van der Waals surface area contributed by atoms with Crippen molar-refractivity contribution in [1.29, 1.82) is 0 Å². The van der Waals surface area contributed by atoms with Crippen molar-refractivity contribution < 1.29 is 14.4 Å². The van der Waals surface area contributed by atoms with Crippen LogP contribution in [0.1, 0.15) is 36.0 Å². The average molecular weight is 432 g/mol. The first-order chi connectivity index (χ1) is 10.4. The van der Waals surface area contributed by atoms with Crippen LogP contribution in [0.5, 0.6) is 0 Å². The molecule has 22 heavy (non-hydrogen) atoms. The minimum Gasteiger partial charge on any atom is -0.368 e. The molecule has 2 amide bonds. The van der Waals surface area contributed by atoms with Crippen LogP contribution >= 0.6 is 31.9 Å². The van der Waals surface area contributed by atoms with Crippen LogP contribution < -0.4 is 11.1 Å². The van der Waals surface area contributed by atoms with Crippen molar-refractivity contribution in [3.05, 3.63) is 32.7 Å². The SMILES string of the molecule is NC(=O)[C@@H](NC(=O)c1cc(Br)cc(Br)c1)[C@@H]1CCCC(=O)C1. The lowest BCUT2D eigenvalue weighted by atomic mass is 9.82. The van der Waals surface area contributed by atoms with Crippen LogP contribution in [0, 0.1) is 5.92 Å². The lowest BCUT2D eigenvalue weighted by Gasteiger charge is -2.28. The van der Waals surface area contributed by atoms with Gasteiger partial charge in [0.25, 0.3) is 5.91 Å². The largest absolute Gasteiger partial charge is 0.368 e. The Kier molecular flexibility index (Phi) is 5.74. The lowest BCUT2D eigenvalue weighted by molar-refractivity contribution is -0.124. The quantitative estimate of drug-likeness (QED) is 0.767. The Morgan fingerprint density at radius 2 is 1.86 bits per heavy atom. The minimum atomic E-state index is -0.825. The molecule has 1 aliphatic carbocycles. The fourth-order valence-electron chi connectivity index (χ4n) is 2.67. The Morgan fingerprint density at radius 3 is 2.41 bits per heavy atom. The maximum Gasteiger partial charge on any atom is 0.252 e. The summed E-state index contributed by atoms with van der Waals surface area (Å²) in [7, 11) is 0. The summed E-state index contributed by atoms with van der Waals surface area (Å²) < 4.78 is 1.49. The predicted molar refractivity (Wildman–Crippen MR) is 89.3 cm³/mol. The van der Waals surface area contributed by atoms with Crippen molar-refractivity contribution in [2.24, 2.45) is 11.7 Å². The first-order valence-electron chi connectivity index (χ1n) is 6.95. The number of halogens is 2. The molecule has 1 fully saturated rings. The maximum atomic E-state index is 12.3. The Morgan fingerprint density at radius 1 is 1.23 bits per heavy atom. The number of hydrogen-bond acceptors (Lipinski definition) is 3. The van der Waals surface area contributed by atoms with Crippen LogP contribution in [0.2, 0.25) is 0 Å². The molecule has 0 aliphatic heterocycles. The highest BCUT2D eigenvalue weighted by Gasteiger charge is 2.32. The summed E-state index contributed by atoms with van der Waals surface area (Å²) in [6, 6.07) is 4.30. The third kappa shape index (κ3) is 4.39. The summed E-state index contributed by atoms with van der Waals surface area (Å²) in [5.41, 5.74) is 5.83. The maximum absolute atomic E-state index is 12.3. The Hall–Kier alpha value is -1.21. The fourth-order valence-corrected chi connectivity index (χ4v) is 3.97. The van der Waals surface area contributed by atoms with E-state index in [0.29, 0.717) is 18.4 Å². The Labute approximate surface area is 145 Å². The number of amides is 2. The second-order valence-electron chi connectivity index (χ2n) is 5.41. The van der Waals surface area contributed by atoms with Crippen molar-refractivity contribution in [3.63, 3.8) is 0 Å². The normalized spacial score (nSPS) is 19.5. The van der Waals surface area contributed by atoms with Gasteiger partial charge in [-0.2, -0.15) is 0 Å². The zero-order chi connectivity index (χ0) is 16.3. The van der Waals surface area contributed by atoms with Gasteiger partial charge in [-0.1, -0.05) is 31.9 Å². The highest BCUT2D eigenvalue weighted by Crippen LogP contribution is 2.25. The molecular formula is C15H16Br2N2O3. The van der Waals surface area contributed by atoms with E-state index in [2.05, 4.69) is 37.2 Å². The van der Waals surface area contributed by atoms with Gasteiger partial charge in [-0.15, -0.1) is 0 Å². The molecular weight excluding hydrogens is 416 g/mol. The van der Waals surface area contributed by atoms with Gasteiger partial charge in [0.2, 0.25) is 5.91 Å². The van der Waals surface area contributed by atoms with Crippen molar-refractivity contribution >= 4 is 49.5 Å². The molecule has 1 saturated carbocycles. The van der Waals surface area contributed by atoms with Gasteiger partial charge in [0.1, 0.15) is 11.8 Å². The monoisotopic (exact) mass is 430 g/mol. The van der Waals surface area contributed by atoms with Gasteiger partial charge in [0.05, 0.1) is 0 Å². The van der Waals surface area contributed by atoms with Gasteiger partial charge in [0, 0.05) is 27.4 Å². The number of carbonyl (C=O) groups is 3. The van der Waals surface area contributed by atoms with Gasteiger partial charge in [-0.05, 0) is 37.0 Å². The van der Waals surface area contributed by atoms with E-state index in [1.54, 1.807) is 12.1 Å². The number of Topliss-reactive ketones (excluding diaryl/α,β-unsaturated/α-hetero) is 1. The molecule has 3 N–H and O–H groups in total. The molecule has 2 atom stereocenters. The molecule has 0 spiro atoms. The van der Waals surface area contributed by atoms with E-state index < -0.39 is 11.9 Å². The van der Waals surface area contributed by atoms with Crippen LogP contribution in [-0.4, -0.2) is 23.6 Å². The first kappa shape index (κ1) is 17.1. The summed E-state index contributed by atoms with van der Waals surface area (Å²) in [5, 5.41) is 2.67. The summed E-state index contributed by atoms with van der Waals surface area (Å²) in [4.78, 5) is 35.6. The molecule has 0 bridgehead atoms. The molecule has 0 radical (unpaired) electrons. The lowest BCUT2D eigenvalue weighted by Crippen LogP contribution is -2.50. The van der Waals surface area contributed by atoms with Crippen LogP contribution in [0.3, 0.4) is 0 Å². The number of carbonyl (C=O) groups excluding carboxylic acids is 3. The second kappa shape index (κ2) is 7.37. The Balaban J connectivity index is 2.15. The number of nitrogens with two attached hydrogens (primary N) is 1. The number of ketones is 1. The highest BCUT2D eigenvalue weighted by atomic mass is 79.9. The van der Waals surface area contributed by atoms with Gasteiger partial charge in [0.15, 0.2) is 0 Å². The minimum absolute atomic E-state index is 0.113. The van der Waals surface area contributed by atoms with Crippen LogP contribution in [0.15, 0.2) is 27.1 Å². The molecule has 0 heterocycles. The topological polar surface area (TPSA) is 89.3 Å². The van der Waals surface area contributed by atoms with E-state index in [0.717, 1.165) is 15.4 Å². The van der Waals surface area contributed by atoms with Crippen LogP contribution in [0.4, 0.5) is 0 Å². The summed E-state index contributed by atoms with van der Waals surface area (Å²) >= 11 is 6.63. The van der Waals surface area contributed by atoms with E-state index in [1.165, 1.54) is 0 Å². The van der Waals surface area contributed by atoms with Crippen molar-refractivity contribution in [2.45, 2.75) is 31.7 Å². The summed E-state index contributed by atoms with van der Waals surface area (Å²) in [6.07, 6.45) is 2.26. The summed E-state index contributed by atoms with van der Waals surface area (Å²) in [6.45, 7) is 0. The first-order valence-corrected chi connectivity index (χ1v) is 8.53. The van der Waals surface area contributed by atoms with Gasteiger partial charge in [-0.3, -0.25) is 14.4 Å². The zero-order valence-corrected chi connectivity index (χ0v) is 14.9. The van der Waals surface area contributed by atoms with Crippen LogP contribution in [-0.2, 0) is 9.59 Å². The molecule has 7 heteroatoms. The smallest absolute Gasteiger partial charge is 0.252 e. The van der Waals surface area contributed by atoms with Crippen molar-refractivity contribution in [3.8, 4) is 0 Å². The molecule has 118 valence electrons. The van der Waals surface area contributed by atoms with Gasteiger partial charge >= 0.3 is 0 Å². The van der Waals surface area contributed by atoms with E-state index in [1.807, 2.05) is 6.07 Å². The Bertz CT molecular complexity index is 599. The second-order valence-corrected chi connectivity index (χ2v) is 7.24. The molecule has 1 aromatic rings. The van der Waals surface area contributed by atoms with E-state index in [9.17, 15) is 14.4 Å². The molecule has 0 saturated heterocycles. The molecule has 1 aliphatic rings. The van der Waals surface area contributed by atoms with E-state index in [-0.39, 0.29) is 24.0 Å². The number of benzene rings is 1. The third-order valence-electron chi connectivity index (χ3n) is 3.71. The zero-order valence-electron chi connectivity index (χ0n) is 11.8. The molecule has 1 aromatic carbocycles. The molecule has 5 nitrogen and oxygen atoms in total. The van der Waals surface area contributed by atoms with E-state index in [4.69, 9.17) is 5.73 Å². The number of rotatable bonds is 4. The third-order valence-corrected chi connectivity index (χ3v) is 4.63. The molecule has 0 unspecified atom stereocenters. The van der Waals surface area contributed by atoms with Crippen molar-refractivity contribution in [1.82, 2.24) is 5.32 Å². The standard InChI is InChI=1S/C15H16Br2N2O3/c16-10-4-9(5-11(17)7-10)15(22)19-13(14(18)21)8-2-1-3-12(20)6-8/h4-5,7-8,13H,1-3,6H2,(H2,18,21)(H,19,22)/t8-,13+/m1/s1. The average Bonchev–Trinajstić information content (AvgIpc) is 2.43. The number of primary amides is 1. The number of nitrogens with one attached hydrogen (secondary N) is 1. The molecule has 0 aromatic heterocycles. The summed E-state index contributed by atoms with van der Waals surface area (Å²) in [5.74, 6) is -1.11. The van der Waals surface area contributed by atoms with Crippen LogP contribution in [0.25, 0.3) is 0 Å². The number of hydrogen-bond donors (Lipinski definition) is 2. The van der Waals surface area contributed by atoms with Crippen molar-refractivity contribution in [2.75, 3.05) is 0 Å².